The van der Waals surface area contributed by atoms with Crippen LogP contribution in [0.5, 0.6) is 11.5 Å². The smallest absolute Gasteiger partial charge is 0.227 e. The maximum atomic E-state index is 12.1. The van der Waals surface area contributed by atoms with E-state index in [0.29, 0.717) is 5.75 Å². The molecule has 2 aromatic rings. The molecule has 22 heavy (non-hydrogen) atoms. The molecule has 1 aromatic carbocycles. The number of carbonyl (C=O) groups is 1. The van der Waals surface area contributed by atoms with Crippen LogP contribution in [-0.2, 0) is 11.3 Å². The average Bonchev–Trinajstić information content (AvgIpc) is 2.55. The minimum atomic E-state index is -0.545. The Labute approximate surface area is 127 Å². The van der Waals surface area contributed by atoms with Gasteiger partial charge in [0.2, 0.25) is 11.3 Å². The molecule has 0 saturated heterocycles. The Morgan fingerprint density at radius 3 is 2.86 bits per heavy atom. The molecular weight excluding hydrogens is 286 g/mol. The van der Waals surface area contributed by atoms with E-state index in [0.717, 1.165) is 17.9 Å². The molecule has 6 nitrogen and oxygen atoms in total. The molecule has 2 N–H and O–H groups in total. The molecule has 0 bridgehead atoms. The summed E-state index contributed by atoms with van der Waals surface area (Å²) < 4.78 is 10.2. The molecule has 116 valence electrons. The molecule has 6 heteroatoms. The van der Waals surface area contributed by atoms with E-state index in [2.05, 4.69) is 5.32 Å². The normalized spacial score (nSPS) is 11.7. The number of ether oxygens (including phenoxy) is 1. The zero-order valence-corrected chi connectivity index (χ0v) is 12.3. The van der Waals surface area contributed by atoms with Gasteiger partial charge in [-0.15, -0.1) is 0 Å². The summed E-state index contributed by atoms with van der Waals surface area (Å²) in [7, 11) is 1.57. The first-order valence-electron chi connectivity index (χ1n) is 6.73. The Balaban J connectivity index is 2.01. The van der Waals surface area contributed by atoms with Crippen LogP contribution >= 0.6 is 0 Å². The summed E-state index contributed by atoms with van der Waals surface area (Å²) >= 11 is 0. The van der Waals surface area contributed by atoms with Crippen molar-refractivity contribution in [2.45, 2.75) is 19.4 Å². The summed E-state index contributed by atoms with van der Waals surface area (Å²) in [5.41, 5.74) is 0.278. The Morgan fingerprint density at radius 1 is 1.41 bits per heavy atom. The summed E-state index contributed by atoms with van der Waals surface area (Å²) in [6, 6.07) is 8.40. The van der Waals surface area contributed by atoms with Crippen LogP contribution in [0.2, 0.25) is 0 Å². The van der Waals surface area contributed by atoms with Crippen LogP contribution in [0.15, 0.2) is 45.8 Å². The first kappa shape index (κ1) is 15.6. The van der Waals surface area contributed by atoms with E-state index in [1.165, 1.54) is 0 Å². The fourth-order valence-electron chi connectivity index (χ4n) is 1.93. The van der Waals surface area contributed by atoms with Gasteiger partial charge in [0, 0.05) is 6.07 Å². The molecule has 1 unspecified atom stereocenters. The van der Waals surface area contributed by atoms with Crippen molar-refractivity contribution in [2.75, 3.05) is 7.11 Å². The van der Waals surface area contributed by atoms with Crippen LogP contribution in [0.25, 0.3) is 0 Å². The zero-order chi connectivity index (χ0) is 16.1. The molecule has 0 aliphatic heterocycles. The van der Waals surface area contributed by atoms with Gasteiger partial charge in [0.1, 0.15) is 17.8 Å². The lowest BCUT2D eigenvalue weighted by Crippen LogP contribution is -2.27. The van der Waals surface area contributed by atoms with E-state index in [1.807, 2.05) is 12.1 Å². The molecule has 1 heterocycles. The Hall–Kier alpha value is -2.76. The van der Waals surface area contributed by atoms with Crippen molar-refractivity contribution in [3.63, 3.8) is 0 Å². The maximum absolute atomic E-state index is 12.1. The van der Waals surface area contributed by atoms with E-state index in [9.17, 15) is 9.59 Å². The number of hydrogen-bond acceptors (Lipinski definition) is 5. The molecule has 0 aliphatic rings. The predicted molar refractivity (Wildman–Crippen MR) is 79.9 cm³/mol. The monoisotopic (exact) mass is 303 g/mol. The van der Waals surface area contributed by atoms with Gasteiger partial charge in [-0.2, -0.15) is 0 Å². The summed E-state index contributed by atoms with van der Waals surface area (Å²) in [6.07, 6.45) is 0.954. The third kappa shape index (κ3) is 3.66. The van der Waals surface area contributed by atoms with Crippen LogP contribution in [0.4, 0.5) is 0 Å². The van der Waals surface area contributed by atoms with Gasteiger partial charge >= 0.3 is 0 Å². The van der Waals surface area contributed by atoms with Crippen molar-refractivity contribution in [3.8, 4) is 11.5 Å². The Kier molecular flexibility index (Phi) is 4.83. The molecule has 1 amide bonds. The van der Waals surface area contributed by atoms with E-state index in [-0.39, 0.29) is 24.1 Å². The van der Waals surface area contributed by atoms with E-state index in [4.69, 9.17) is 14.3 Å². The highest BCUT2D eigenvalue weighted by atomic mass is 16.5. The number of amides is 1. The third-order valence-electron chi connectivity index (χ3n) is 3.29. The minimum Gasteiger partial charge on any atom is -0.502 e. The van der Waals surface area contributed by atoms with Crippen LogP contribution in [0, 0.1) is 0 Å². The molecule has 0 spiro atoms. The van der Waals surface area contributed by atoms with Crippen LogP contribution in [0.1, 0.15) is 24.2 Å². The maximum Gasteiger partial charge on any atom is 0.227 e. The van der Waals surface area contributed by atoms with Crippen molar-refractivity contribution in [1.82, 2.24) is 5.32 Å². The summed E-state index contributed by atoms with van der Waals surface area (Å²) in [4.78, 5) is 23.4. The number of rotatable bonds is 5. The van der Waals surface area contributed by atoms with E-state index >= 15 is 0 Å². The average molecular weight is 303 g/mol. The number of nitrogens with one attached hydrogen (secondary N) is 1. The van der Waals surface area contributed by atoms with Gasteiger partial charge in [0.05, 0.1) is 19.6 Å². The standard InChI is InChI=1S/C16H17NO5/c1-10(11-4-3-5-12(6-11)21-2)16(20)17-8-13-7-14(18)15(19)9-22-13/h3-7,9-10,19H,8H2,1-2H3,(H,17,20). The molecular formula is C16H17NO5. The van der Waals surface area contributed by atoms with E-state index < -0.39 is 11.2 Å². The van der Waals surface area contributed by atoms with E-state index in [1.54, 1.807) is 26.2 Å². The molecule has 1 aromatic heterocycles. The Bertz CT molecular complexity index is 722. The highest BCUT2D eigenvalue weighted by Gasteiger charge is 2.16. The lowest BCUT2D eigenvalue weighted by atomic mass is 10.00. The first-order chi connectivity index (χ1) is 10.5. The topological polar surface area (TPSA) is 88.8 Å². The largest absolute Gasteiger partial charge is 0.502 e. The second kappa shape index (κ2) is 6.80. The quantitative estimate of drug-likeness (QED) is 0.879. The van der Waals surface area contributed by atoms with Crippen molar-refractivity contribution in [2.24, 2.45) is 0 Å². The third-order valence-corrected chi connectivity index (χ3v) is 3.29. The SMILES string of the molecule is COc1cccc(C(C)C(=O)NCc2cc(=O)c(O)co2)c1. The fourth-order valence-corrected chi connectivity index (χ4v) is 1.93. The van der Waals surface area contributed by atoms with Gasteiger partial charge in [-0.1, -0.05) is 12.1 Å². The van der Waals surface area contributed by atoms with Gasteiger partial charge in [0.15, 0.2) is 5.75 Å². The number of hydrogen-bond donors (Lipinski definition) is 2. The molecule has 0 radical (unpaired) electrons. The highest BCUT2D eigenvalue weighted by Crippen LogP contribution is 2.20. The van der Waals surface area contributed by atoms with Gasteiger partial charge in [0.25, 0.3) is 0 Å². The van der Waals surface area contributed by atoms with Crippen LogP contribution < -0.4 is 15.5 Å². The fraction of sp³-hybridized carbons (Fsp3) is 0.250. The predicted octanol–water partition coefficient (Wildman–Crippen LogP) is 1.77. The summed E-state index contributed by atoms with van der Waals surface area (Å²) in [6.45, 7) is 1.85. The molecule has 0 saturated carbocycles. The number of carbonyl (C=O) groups excluding carboxylic acids is 1. The lowest BCUT2D eigenvalue weighted by Gasteiger charge is -2.13. The summed E-state index contributed by atoms with van der Waals surface area (Å²) in [5.74, 6) is -0.0848. The minimum absolute atomic E-state index is 0.0721. The number of aromatic hydroxyl groups is 1. The molecule has 2 rings (SSSR count). The highest BCUT2D eigenvalue weighted by molar-refractivity contribution is 5.83. The van der Waals surface area contributed by atoms with Gasteiger partial charge < -0.3 is 19.6 Å². The first-order valence-corrected chi connectivity index (χ1v) is 6.73. The van der Waals surface area contributed by atoms with Crippen molar-refractivity contribution < 1.29 is 19.1 Å². The number of benzene rings is 1. The zero-order valence-electron chi connectivity index (χ0n) is 12.3. The van der Waals surface area contributed by atoms with Crippen LogP contribution in [-0.4, -0.2) is 18.1 Å². The van der Waals surface area contributed by atoms with Crippen molar-refractivity contribution >= 4 is 5.91 Å². The molecule has 0 aliphatic carbocycles. The second-order valence-corrected chi connectivity index (χ2v) is 4.81. The second-order valence-electron chi connectivity index (χ2n) is 4.81. The summed E-state index contributed by atoms with van der Waals surface area (Å²) in [5, 5.41) is 11.8. The van der Waals surface area contributed by atoms with Crippen molar-refractivity contribution in [1.29, 1.82) is 0 Å². The molecule has 0 fully saturated rings. The van der Waals surface area contributed by atoms with Crippen LogP contribution in [0.3, 0.4) is 0 Å². The van der Waals surface area contributed by atoms with Gasteiger partial charge in [-0.25, -0.2) is 0 Å². The van der Waals surface area contributed by atoms with Gasteiger partial charge in [-0.3, -0.25) is 9.59 Å². The van der Waals surface area contributed by atoms with Gasteiger partial charge in [-0.05, 0) is 24.6 Å². The number of methoxy groups -OCH3 is 1. The van der Waals surface area contributed by atoms with Crippen molar-refractivity contribution in [3.05, 3.63) is 58.1 Å². The lowest BCUT2D eigenvalue weighted by molar-refractivity contribution is -0.122. The Morgan fingerprint density at radius 2 is 2.18 bits per heavy atom. The molecule has 1 atom stereocenters.